The van der Waals surface area contributed by atoms with Gasteiger partial charge in [-0.05, 0) is 18.4 Å². The molecule has 5 nitrogen and oxygen atoms in total. The van der Waals surface area contributed by atoms with Gasteiger partial charge < -0.3 is 15.6 Å². The molecule has 0 saturated carbocycles. The number of amides is 1. The van der Waals surface area contributed by atoms with Crippen molar-refractivity contribution in [3.8, 4) is 0 Å². The van der Waals surface area contributed by atoms with E-state index in [0.29, 0.717) is 12.5 Å². The first-order chi connectivity index (χ1) is 10.1. The lowest BCUT2D eigenvalue weighted by Gasteiger charge is -2.16. The first-order valence-corrected chi connectivity index (χ1v) is 7.12. The van der Waals surface area contributed by atoms with E-state index in [1.54, 1.807) is 12.5 Å². The van der Waals surface area contributed by atoms with E-state index in [-0.39, 0.29) is 5.91 Å². The van der Waals surface area contributed by atoms with Crippen LogP contribution < -0.4 is 11.1 Å². The van der Waals surface area contributed by atoms with E-state index in [0.717, 1.165) is 17.7 Å². The number of rotatable bonds is 6. The molecule has 1 amide bonds. The molecule has 1 aromatic carbocycles. The number of benzene rings is 1. The van der Waals surface area contributed by atoms with Gasteiger partial charge >= 0.3 is 0 Å². The quantitative estimate of drug-likeness (QED) is 0.848. The van der Waals surface area contributed by atoms with Crippen molar-refractivity contribution in [2.75, 3.05) is 6.54 Å². The molecule has 0 saturated heterocycles. The molecule has 2 rings (SSSR count). The van der Waals surface area contributed by atoms with Crippen LogP contribution in [0.4, 0.5) is 0 Å². The number of hydrogen-bond acceptors (Lipinski definition) is 3. The number of carbonyl (C=O) groups is 1. The van der Waals surface area contributed by atoms with Gasteiger partial charge in [0, 0.05) is 25.5 Å². The summed E-state index contributed by atoms with van der Waals surface area (Å²) in [6.45, 7) is 5.50. The van der Waals surface area contributed by atoms with Gasteiger partial charge in [0.2, 0.25) is 5.91 Å². The second-order valence-corrected chi connectivity index (χ2v) is 5.50. The van der Waals surface area contributed by atoms with Gasteiger partial charge in [0.15, 0.2) is 0 Å². The Morgan fingerprint density at radius 3 is 2.71 bits per heavy atom. The molecule has 2 unspecified atom stereocenters. The zero-order chi connectivity index (χ0) is 15.2. The van der Waals surface area contributed by atoms with Gasteiger partial charge in [-0.3, -0.25) is 4.79 Å². The Labute approximate surface area is 125 Å². The minimum atomic E-state index is -0.619. The van der Waals surface area contributed by atoms with Crippen LogP contribution in [0, 0.1) is 12.8 Å². The van der Waals surface area contributed by atoms with Gasteiger partial charge in [0.1, 0.15) is 6.04 Å². The van der Waals surface area contributed by atoms with Crippen molar-refractivity contribution in [1.82, 2.24) is 14.9 Å². The summed E-state index contributed by atoms with van der Waals surface area (Å²) in [6.07, 6.45) is 5.44. The zero-order valence-electron chi connectivity index (χ0n) is 12.5. The lowest BCUT2D eigenvalue weighted by Crippen LogP contribution is -2.37. The largest absolute Gasteiger partial charge is 0.354 e. The Kier molecular flexibility index (Phi) is 5.11. The molecule has 0 radical (unpaired) electrons. The average Bonchev–Trinajstić information content (AvgIpc) is 2.97. The van der Waals surface area contributed by atoms with E-state index in [9.17, 15) is 4.79 Å². The Morgan fingerprint density at radius 2 is 2.10 bits per heavy atom. The molecule has 0 aliphatic carbocycles. The highest BCUT2D eigenvalue weighted by Gasteiger charge is 2.16. The highest BCUT2D eigenvalue weighted by molar-refractivity contribution is 5.82. The van der Waals surface area contributed by atoms with Crippen LogP contribution in [0.5, 0.6) is 0 Å². The monoisotopic (exact) mass is 286 g/mol. The summed E-state index contributed by atoms with van der Waals surface area (Å²) in [7, 11) is 0. The summed E-state index contributed by atoms with van der Waals surface area (Å²) in [5.41, 5.74) is 7.97. The number of imidazole rings is 1. The maximum atomic E-state index is 12.1. The summed E-state index contributed by atoms with van der Waals surface area (Å²) < 4.78 is 2.00. The van der Waals surface area contributed by atoms with Crippen molar-refractivity contribution in [2.24, 2.45) is 11.7 Å². The fourth-order valence-electron chi connectivity index (χ4n) is 2.13. The van der Waals surface area contributed by atoms with E-state index in [4.69, 9.17) is 5.73 Å². The Hall–Kier alpha value is -2.14. The molecule has 1 aromatic heterocycles. The van der Waals surface area contributed by atoms with Crippen molar-refractivity contribution in [3.63, 3.8) is 0 Å². The molecular weight excluding hydrogens is 264 g/mol. The Balaban J connectivity index is 1.82. The van der Waals surface area contributed by atoms with Crippen molar-refractivity contribution >= 4 is 5.91 Å². The van der Waals surface area contributed by atoms with Crippen LogP contribution in [-0.4, -0.2) is 22.0 Å². The molecule has 1 heterocycles. The lowest BCUT2D eigenvalue weighted by atomic mass is 10.0. The molecule has 0 aliphatic heterocycles. The summed E-state index contributed by atoms with van der Waals surface area (Å²) in [6, 6.07) is 7.10. The van der Waals surface area contributed by atoms with Gasteiger partial charge in [0.25, 0.3) is 0 Å². The third-order valence-corrected chi connectivity index (χ3v) is 3.43. The van der Waals surface area contributed by atoms with E-state index in [1.807, 2.05) is 42.0 Å². The van der Waals surface area contributed by atoms with Crippen molar-refractivity contribution in [1.29, 1.82) is 0 Å². The molecule has 3 N–H and O–H groups in total. The summed E-state index contributed by atoms with van der Waals surface area (Å²) in [5, 5.41) is 2.91. The molecule has 112 valence electrons. The number of aromatic nitrogens is 2. The minimum Gasteiger partial charge on any atom is -0.354 e. The van der Waals surface area contributed by atoms with E-state index < -0.39 is 6.04 Å². The smallest absolute Gasteiger partial charge is 0.241 e. The van der Waals surface area contributed by atoms with Gasteiger partial charge in [-0.1, -0.05) is 36.8 Å². The zero-order valence-corrected chi connectivity index (χ0v) is 12.5. The summed E-state index contributed by atoms with van der Waals surface area (Å²) in [5.74, 6) is 0.171. The van der Waals surface area contributed by atoms with Crippen LogP contribution in [0.2, 0.25) is 0 Å². The van der Waals surface area contributed by atoms with E-state index >= 15 is 0 Å². The second-order valence-electron chi connectivity index (χ2n) is 5.50. The molecule has 0 spiro atoms. The van der Waals surface area contributed by atoms with Gasteiger partial charge in [-0.25, -0.2) is 4.98 Å². The summed E-state index contributed by atoms with van der Waals surface area (Å²) >= 11 is 0. The molecule has 2 atom stereocenters. The normalized spacial score (nSPS) is 13.7. The standard InChI is InChI=1S/C16H22N4O/c1-12-3-5-14(6-4-12)15(17)16(21)19-9-13(2)10-20-8-7-18-11-20/h3-8,11,13,15H,9-10,17H2,1-2H3,(H,19,21). The fourth-order valence-corrected chi connectivity index (χ4v) is 2.13. The highest BCUT2D eigenvalue weighted by Crippen LogP contribution is 2.11. The number of aryl methyl sites for hydroxylation is 1. The van der Waals surface area contributed by atoms with E-state index in [1.165, 1.54) is 0 Å². The van der Waals surface area contributed by atoms with Crippen molar-refractivity contribution in [2.45, 2.75) is 26.4 Å². The topological polar surface area (TPSA) is 72.9 Å². The second kappa shape index (κ2) is 7.04. The van der Waals surface area contributed by atoms with Gasteiger partial charge in [-0.2, -0.15) is 0 Å². The Morgan fingerprint density at radius 1 is 1.38 bits per heavy atom. The SMILES string of the molecule is Cc1ccc(C(N)C(=O)NCC(C)Cn2ccnc2)cc1. The lowest BCUT2D eigenvalue weighted by molar-refractivity contribution is -0.122. The number of nitrogens with two attached hydrogens (primary N) is 1. The molecule has 2 aromatic rings. The first kappa shape index (κ1) is 15.3. The maximum Gasteiger partial charge on any atom is 0.241 e. The molecule has 5 heteroatoms. The predicted octanol–water partition coefficient (Wildman–Crippen LogP) is 1.64. The van der Waals surface area contributed by atoms with Crippen LogP contribution >= 0.6 is 0 Å². The van der Waals surface area contributed by atoms with Gasteiger partial charge in [-0.15, -0.1) is 0 Å². The van der Waals surface area contributed by atoms with Crippen LogP contribution in [0.15, 0.2) is 43.0 Å². The number of nitrogens with one attached hydrogen (secondary N) is 1. The average molecular weight is 286 g/mol. The molecule has 0 aliphatic rings. The highest BCUT2D eigenvalue weighted by atomic mass is 16.2. The maximum absolute atomic E-state index is 12.1. The van der Waals surface area contributed by atoms with Crippen LogP contribution in [-0.2, 0) is 11.3 Å². The summed E-state index contributed by atoms with van der Waals surface area (Å²) in [4.78, 5) is 16.1. The first-order valence-electron chi connectivity index (χ1n) is 7.12. The Bertz CT molecular complexity index is 562. The number of carbonyl (C=O) groups excluding carboxylic acids is 1. The fraction of sp³-hybridized carbons (Fsp3) is 0.375. The number of nitrogens with zero attached hydrogens (tertiary/aromatic N) is 2. The molecule has 0 bridgehead atoms. The van der Waals surface area contributed by atoms with Gasteiger partial charge in [0.05, 0.1) is 6.33 Å². The van der Waals surface area contributed by atoms with Crippen LogP contribution in [0.1, 0.15) is 24.1 Å². The third kappa shape index (κ3) is 4.43. The molecule has 21 heavy (non-hydrogen) atoms. The van der Waals surface area contributed by atoms with Crippen LogP contribution in [0.3, 0.4) is 0 Å². The minimum absolute atomic E-state index is 0.142. The van der Waals surface area contributed by atoms with Crippen molar-refractivity contribution < 1.29 is 4.79 Å². The predicted molar refractivity (Wildman–Crippen MR) is 82.5 cm³/mol. The van der Waals surface area contributed by atoms with Crippen LogP contribution in [0.25, 0.3) is 0 Å². The van der Waals surface area contributed by atoms with Crippen molar-refractivity contribution in [3.05, 3.63) is 54.1 Å². The van der Waals surface area contributed by atoms with E-state index in [2.05, 4.69) is 17.2 Å². The third-order valence-electron chi connectivity index (χ3n) is 3.43. The number of hydrogen-bond donors (Lipinski definition) is 2. The molecule has 0 fully saturated rings. The molecular formula is C16H22N4O.